The van der Waals surface area contributed by atoms with Gasteiger partial charge in [0.2, 0.25) is 5.95 Å². The lowest BCUT2D eigenvalue weighted by Crippen LogP contribution is -2.28. The largest absolute Gasteiger partial charge is 0.357 e. The molecule has 0 aliphatic rings. The van der Waals surface area contributed by atoms with Crippen molar-refractivity contribution < 1.29 is 0 Å². The Bertz CT molecular complexity index is 1390. The fourth-order valence-electron chi connectivity index (χ4n) is 3.09. The summed E-state index contributed by atoms with van der Waals surface area (Å²) in [4.78, 5) is 34.5. The second-order valence-corrected chi connectivity index (χ2v) is 7.64. The average Bonchev–Trinajstić information content (AvgIpc) is 2.78. The molecule has 2 heterocycles. The van der Waals surface area contributed by atoms with Gasteiger partial charge in [0.1, 0.15) is 0 Å². The zero-order chi connectivity index (χ0) is 22.7. The van der Waals surface area contributed by atoms with Gasteiger partial charge < -0.3 is 9.88 Å². The van der Waals surface area contributed by atoms with Crippen LogP contribution in [-0.2, 0) is 6.54 Å². The molecule has 9 heteroatoms. The summed E-state index contributed by atoms with van der Waals surface area (Å²) in [5.74, 6) is 0.197. The number of anilines is 2. The first-order valence-corrected chi connectivity index (χ1v) is 10.3. The number of benzene rings is 2. The third-order valence-electron chi connectivity index (χ3n) is 4.59. The molecular formula is C23H17Cl2N5O2. The van der Waals surface area contributed by atoms with Gasteiger partial charge in [0, 0.05) is 28.5 Å². The van der Waals surface area contributed by atoms with E-state index in [4.69, 9.17) is 23.2 Å². The highest BCUT2D eigenvalue weighted by Crippen LogP contribution is 2.22. The van der Waals surface area contributed by atoms with Gasteiger partial charge in [-0.1, -0.05) is 29.3 Å². The van der Waals surface area contributed by atoms with Crippen molar-refractivity contribution in [2.24, 2.45) is 0 Å². The second-order valence-electron chi connectivity index (χ2n) is 6.77. The molecule has 32 heavy (non-hydrogen) atoms. The van der Waals surface area contributed by atoms with Crippen LogP contribution in [0.5, 0.6) is 0 Å². The minimum atomic E-state index is -0.604. The SMILES string of the molecule is C=CCn1cccc(-c2nc(Nc3ccc(Cl)cc3)n(-c3ccc(Cl)cc3)c(=O)n2)c1=O. The van der Waals surface area contributed by atoms with Gasteiger partial charge in [-0.2, -0.15) is 9.97 Å². The number of aromatic nitrogens is 4. The summed E-state index contributed by atoms with van der Waals surface area (Å²) in [6, 6.07) is 16.9. The quantitative estimate of drug-likeness (QED) is 0.417. The Labute approximate surface area is 193 Å². The third-order valence-corrected chi connectivity index (χ3v) is 5.09. The van der Waals surface area contributed by atoms with Crippen LogP contribution < -0.4 is 16.6 Å². The van der Waals surface area contributed by atoms with Crippen molar-refractivity contribution in [1.82, 2.24) is 19.1 Å². The summed E-state index contributed by atoms with van der Waals surface area (Å²) in [7, 11) is 0. The molecule has 0 radical (unpaired) electrons. The maximum atomic E-state index is 13.1. The maximum Gasteiger partial charge on any atom is 0.357 e. The summed E-state index contributed by atoms with van der Waals surface area (Å²) in [5.41, 5.74) is 0.437. The zero-order valence-electron chi connectivity index (χ0n) is 16.7. The van der Waals surface area contributed by atoms with Crippen LogP contribution in [-0.4, -0.2) is 19.1 Å². The molecule has 2 aromatic carbocycles. The molecule has 0 spiro atoms. The Morgan fingerprint density at radius 3 is 2.25 bits per heavy atom. The number of hydrogen-bond donors (Lipinski definition) is 1. The highest BCUT2D eigenvalue weighted by molar-refractivity contribution is 6.30. The normalized spacial score (nSPS) is 10.7. The number of halogens is 2. The first-order chi connectivity index (χ1) is 15.5. The number of allylic oxidation sites excluding steroid dienone is 1. The van der Waals surface area contributed by atoms with Crippen molar-refractivity contribution in [1.29, 1.82) is 0 Å². The molecule has 0 aliphatic heterocycles. The highest BCUT2D eigenvalue weighted by Gasteiger charge is 2.16. The molecule has 4 aromatic rings. The Morgan fingerprint density at radius 2 is 1.59 bits per heavy atom. The molecule has 0 saturated carbocycles. The van der Waals surface area contributed by atoms with Crippen molar-refractivity contribution in [2.75, 3.05) is 5.32 Å². The molecular weight excluding hydrogens is 449 g/mol. The summed E-state index contributed by atoms with van der Waals surface area (Å²) in [6.45, 7) is 3.98. The number of hydrogen-bond acceptors (Lipinski definition) is 5. The van der Waals surface area contributed by atoms with E-state index >= 15 is 0 Å². The first kappa shape index (κ1) is 21.5. The lowest BCUT2D eigenvalue weighted by atomic mass is 10.2. The van der Waals surface area contributed by atoms with E-state index in [2.05, 4.69) is 21.9 Å². The third kappa shape index (κ3) is 4.49. The maximum absolute atomic E-state index is 13.1. The van der Waals surface area contributed by atoms with E-state index in [1.807, 2.05) is 0 Å². The van der Waals surface area contributed by atoms with Gasteiger partial charge in [-0.15, -0.1) is 6.58 Å². The molecule has 0 unspecified atom stereocenters. The number of nitrogens with one attached hydrogen (secondary N) is 1. The number of pyridine rings is 1. The van der Waals surface area contributed by atoms with Crippen molar-refractivity contribution in [3.8, 4) is 17.1 Å². The standard InChI is InChI=1S/C23H17Cl2N5O2/c1-2-13-29-14-3-4-19(21(29)31)20-27-22(26-17-9-5-15(24)6-10-17)30(23(32)28-20)18-11-7-16(25)8-12-18/h2-12,14H,1,13H2,(H,26,27,28,32). The monoisotopic (exact) mass is 465 g/mol. The molecule has 0 fully saturated rings. The predicted molar refractivity (Wildman–Crippen MR) is 127 cm³/mol. The summed E-state index contributed by atoms with van der Waals surface area (Å²) in [6.07, 6.45) is 3.24. The first-order valence-electron chi connectivity index (χ1n) is 9.56. The Hall–Kier alpha value is -3.68. The van der Waals surface area contributed by atoms with Crippen LogP contribution in [0.15, 0.2) is 89.1 Å². The summed E-state index contributed by atoms with van der Waals surface area (Å²) in [5, 5.41) is 4.22. The molecule has 0 bridgehead atoms. The van der Waals surface area contributed by atoms with E-state index in [1.165, 1.54) is 9.13 Å². The average molecular weight is 466 g/mol. The van der Waals surface area contributed by atoms with Crippen LogP contribution in [0.4, 0.5) is 11.6 Å². The fourth-order valence-corrected chi connectivity index (χ4v) is 3.34. The van der Waals surface area contributed by atoms with E-state index < -0.39 is 5.69 Å². The Balaban J connectivity index is 1.90. The van der Waals surface area contributed by atoms with Crippen LogP contribution in [0.1, 0.15) is 0 Å². The van der Waals surface area contributed by atoms with Crippen LogP contribution in [0.25, 0.3) is 17.1 Å². The minimum Gasteiger partial charge on any atom is -0.325 e. The number of nitrogens with zero attached hydrogens (tertiary/aromatic N) is 4. The van der Waals surface area contributed by atoms with E-state index in [-0.39, 0.29) is 22.9 Å². The fraction of sp³-hybridized carbons (Fsp3) is 0.0435. The molecule has 0 amide bonds. The molecule has 1 N–H and O–H groups in total. The van der Waals surface area contributed by atoms with Gasteiger partial charge in [0.05, 0.1) is 11.3 Å². The van der Waals surface area contributed by atoms with Crippen LogP contribution in [0.2, 0.25) is 10.0 Å². The lowest BCUT2D eigenvalue weighted by molar-refractivity contribution is 0.779. The van der Waals surface area contributed by atoms with Crippen LogP contribution >= 0.6 is 23.2 Å². The van der Waals surface area contributed by atoms with Gasteiger partial charge in [-0.05, 0) is 60.7 Å². The lowest BCUT2D eigenvalue weighted by Gasteiger charge is -2.14. The van der Waals surface area contributed by atoms with Crippen molar-refractivity contribution in [3.63, 3.8) is 0 Å². The Morgan fingerprint density at radius 1 is 0.938 bits per heavy atom. The molecule has 0 saturated heterocycles. The van der Waals surface area contributed by atoms with Crippen molar-refractivity contribution >= 4 is 34.8 Å². The molecule has 160 valence electrons. The molecule has 2 aromatic heterocycles. The van der Waals surface area contributed by atoms with Crippen molar-refractivity contribution in [2.45, 2.75) is 6.54 Å². The van der Waals surface area contributed by atoms with E-state index in [0.717, 1.165) is 0 Å². The molecule has 0 atom stereocenters. The van der Waals surface area contributed by atoms with Gasteiger partial charge in [0.25, 0.3) is 5.56 Å². The van der Waals surface area contributed by atoms with E-state index in [1.54, 1.807) is 72.9 Å². The van der Waals surface area contributed by atoms with E-state index in [9.17, 15) is 9.59 Å². The molecule has 0 aliphatic carbocycles. The van der Waals surface area contributed by atoms with Gasteiger partial charge >= 0.3 is 5.69 Å². The highest BCUT2D eigenvalue weighted by atomic mass is 35.5. The minimum absolute atomic E-state index is 0.0140. The topological polar surface area (TPSA) is 81.8 Å². The zero-order valence-corrected chi connectivity index (χ0v) is 18.2. The predicted octanol–water partition coefficient (Wildman–Crippen LogP) is 4.69. The van der Waals surface area contributed by atoms with E-state index in [0.29, 0.717) is 28.0 Å². The smallest absolute Gasteiger partial charge is 0.325 e. The summed E-state index contributed by atoms with van der Waals surface area (Å²) < 4.78 is 2.77. The molecule has 7 nitrogen and oxygen atoms in total. The summed E-state index contributed by atoms with van der Waals surface area (Å²) >= 11 is 12.0. The van der Waals surface area contributed by atoms with Crippen LogP contribution in [0.3, 0.4) is 0 Å². The second kappa shape index (κ2) is 9.21. The molecule has 4 rings (SSSR count). The Kier molecular flexibility index (Phi) is 6.20. The number of rotatable bonds is 6. The van der Waals surface area contributed by atoms with Crippen molar-refractivity contribution in [3.05, 3.63) is 110 Å². The van der Waals surface area contributed by atoms with Gasteiger partial charge in [-0.25, -0.2) is 9.36 Å². The van der Waals surface area contributed by atoms with Crippen LogP contribution in [0, 0.1) is 0 Å². The van der Waals surface area contributed by atoms with Gasteiger partial charge in [-0.3, -0.25) is 4.79 Å². The van der Waals surface area contributed by atoms with Gasteiger partial charge in [0.15, 0.2) is 5.82 Å².